The van der Waals surface area contributed by atoms with Crippen LogP contribution in [0.1, 0.15) is 45.8 Å². The second-order valence-corrected chi connectivity index (χ2v) is 8.56. The summed E-state index contributed by atoms with van der Waals surface area (Å²) in [5, 5.41) is 0. The highest BCUT2D eigenvalue weighted by Gasteiger charge is 2.26. The van der Waals surface area contributed by atoms with Crippen molar-refractivity contribution in [3.05, 3.63) is 21.4 Å². The molecule has 0 aromatic carbocycles. The van der Waals surface area contributed by atoms with Gasteiger partial charge in [0.15, 0.2) is 0 Å². The van der Waals surface area contributed by atoms with Crippen LogP contribution >= 0.6 is 11.3 Å². The molecule has 4 rings (SSSR count). The highest BCUT2D eigenvalue weighted by atomic mass is 32.1. The lowest BCUT2D eigenvalue weighted by Crippen LogP contribution is -2.41. The molecule has 1 aromatic rings. The highest BCUT2D eigenvalue weighted by Crippen LogP contribution is 2.31. The lowest BCUT2D eigenvalue weighted by atomic mass is 10.2. The third kappa shape index (κ3) is 3.75. The molecule has 5 nitrogen and oxygen atoms in total. The van der Waals surface area contributed by atoms with E-state index >= 15 is 0 Å². The van der Waals surface area contributed by atoms with Gasteiger partial charge in [-0.2, -0.15) is 0 Å². The van der Waals surface area contributed by atoms with Crippen molar-refractivity contribution in [3.8, 4) is 0 Å². The summed E-state index contributed by atoms with van der Waals surface area (Å²) in [6.45, 7) is 5.58. The maximum absolute atomic E-state index is 12.8. The molecule has 0 radical (unpaired) electrons. The van der Waals surface area contributed by atoms with E-state index in [2.05, 4.69) is 11.0 Å². The van der Waals surface area contributed by atoms with Crippen LogP contribution in [0, 0.1) is 0 Å². The minimum atomic E-state index is 0.187. The molecule has 3 aliphatic rings. The van der Waals surface area contributed by atoms with Gasteiger partial charge in [0.2, 0.25) is 5.91 Å². The average molecular weight is 362 g/mol. The molecule has 136 valence electrons. The van der Waals surface area contributed by atoms with Crippen molar-refractivity contribution in [2.45, 2.75) is 38.5 Å². The van der Waals surface area contributed by atoms with E-state index in [-0.39, 0.29) is 11.8 Å². The molecule has 3 heterocycles. The largest absolute Gasteiger partial charge is 0.342 e. The van der Waals surface area contributed by atoms with Gasteiger partial charge in [-0.05, 0) is 50.2 Å². The first kappa shape index (κ1) is 17.0. The second kappa shape index (κ2) is 7.46. The smallest absolute Gasteiger partial charge is 0.263 e. The zero-order valence-corrected chi connectivity index (χ0v) is 15.7. The van der Waals surface area contributed by atoms with Crippen LogP contribution in [0.15, 0.2) is 6.07 Å². The van der Waals surface area contributed by atoms with E-state index in [0.717, 1.165) is 76.2 Å². The minimum absolute atomic E-state index is 0.187. The van der Waals surface area contributed by atoms with E-state index in [9.17, 15) is 9.59 Å². The molecule has 2 fully saturated rings. The molecule has 0 bridgehead atoms. The van der Waals surface area contributed by atoms with Crippen molar-refractivity contribution in [1.82, 2.24) is 14.7 Å². The predicted octanol–water partition coefficient (Wildman–Crippen LogP) is 2.01. The van der Waals surface area contributed by atoms with Crippen molar-refractivity contribution < 1.29 is 9.59 Å². The molecule has 25 heavy (non-hydrogen) atoms. The predicted molar refractivity (Wildman–Crippen MR) is 99.1 cm³/mol. The van der Waals surface area contributed by atoms with Crippen LogP contribution in [0.4, 0.5) is 0 Å². The van der Waals surface area contributed by atoms with Gasteiger partial charge < -0.3 is 9.80 Å². The second-order valence-electron chi connectivity index (χ2n) is 7.42. The number of likely N-dealkylation sites (tertiary alicyclic amines) is 1. The third-order valence-corrected chi connectivity index (χ3v) is 6.88. The lowest BCUT2D eigenvalue weighted by molar-refractivity contribution is -0.131. The van der Waals surface area contributed by atoms with E-state index in [4.69, 9.17) is 0 Å². The molecule has 0 spiro atoms. The maximum atomic E-state index is 12.8. The molecule has 1 aromatic heterocycles. The van der Waals surface area contributed by atoms with Crippen molar-refractivity contribution in [1.29, 1.82) is 0 Å². The minimum Gasteiger partial charge on any atom is -0.342 e. The van der Waals surface area contributed by atoms with Crippen LogP contribution in [-0.4, -0.2) is 72.3 Å². The molecule has 1 aliphatic carbocycles. The molecule has 2 amide bonds. The summed E-state index contributed by atoms with van der Waals surface area (Å²) in [7, 11) is 0. The first-order valence-corrected chi connectivity index (χ1v) is 10.4. The number of fused-ring (bicyclic) bond motifs is 1. The van der Waals surface area contributed by atoms with Crippen LogP contribution in [0.5, 0.6) is 0 Å². The number of thiophene rings is 1. The van der Waals surface area contributed by atoms with Crippen LogP contribution in [0.25, 0.3) is 0 Å². The van der Waals surface area contributed by atoms with Crippen LogP contribution in [0.2, 0.25) is 0 Å². The Morgan fingerprint density at radius 2 is 1.68 bits per heavy atom. The summed E-state index contributed by atoms with van der Waals surface area (Å²) in [5.74, 6) is 0.444. The Kier molecular flexibility index (Phi) is 5.08. The summed E-state index contributed by atoms with van der Waals surface area (Å²) in [6.07, 6.45) is 6.73. The average Bonchev–Trinajstić information content (AvgIpc) is 3.30. The number of amides is 2. The summed E-state index contributed by atoms with van der Waals surface area (Å²) >= 11 is 1.69. The van der Waals surface area contributed by atoms with Crippen molar-refractivity contribution in [3.63, 3.8) is 0 Å². The number of nitrogens with zero attached hydrogens (tertiary/aromatic N) is 3. The van der Waals surface area contributed by atoms with Gasteiger partial charge in [0.05, 0.1) is 11.4 Å². The summed E-state index contributed by atoms with van der Waals surface area (Å²) < 4.78 is 0. The van der Waals surface area contributed by atoms with Crippen molar-refractivity contribution >= 4 is 23.2 Å². The number of hydrogen-bond donors (Lipinski definition) is 0. The lowest BCUT2D eigenvalue weighted by Gasteiger charge is -2.23. The zero-order valence-electron chi connectivity index (χ0n) is 14.8. The number of carbonyl (C=O) groups excluding carboxylic acids is 2. The fraction of sp³-hybridized carbons (Fsp3) is 0.684. The SMILES string of the molecule is O=C(CN1CCCN(C(=O)c2cc3c(s2)CCC3)CC1)N1CCCC1. The molecule has 2 saturated heterocycles. The van der Waals surface area contributed by atoms with Crippen LogP contribution < -0.4 is 0 Å². The topological polar surface area (TPSA) is 43.9 Å². The van der Waals surface area contributed by atoms with E-state index < -0.39 is 0 Å². The van der Waals surface area contributed by atoms with Gasteiger partial charge in [-0.25, -0.2) is 0 Å². The number of aryl methyl sites for hydroxylation is 2. The first-order valence-electron chi connectivity index (χ1n) is 9.62. The first-order chi connectivity index (χ1) is 12.2. The van der Waals surface area contributed by atoms with Gasteiger partial charge in [0, 0.05) is 44.1 Å². The fourth-order valence-corrected chi connectivity index (χ4v) is 5.40. The standard InChI is InChI=1S/C19H27N3O2S/c23-18(21-8-1-2-9-21)14-20-7-4-10-22(12-11-20)19(24)17-13-15-5-3-6-16(15)25-17/h13H,1-12,14H2. The van der Waals surface area contributed by atoms with Crippen molar-refractivity contribution in [2.75, 3.05) is 45.8 Å². The van der Waals surface area contributed by atoms with E-state index in [1.165, 1.54) is 16.9 Å². The highest BCUT2D eigenvalue weighted by molar-refractivity contribution is 7.14. The molecule has 6 heteroatoms. The Bertz CT molecular complexity index is 630. The van der Waals surface area contributed by atoms with E-state index in [1.807, 2.05) is 9.80 Å². The Labute approximate surface area is 153 Å². The van der Waals surface area contributed by atoms with Gasteiger partial charge in [-0.3, -0.25) is 14.5 Å². The maximum Gasteiger partial charge on any atom is 0.263 e. The molecule has 0 N–H and O–H groups in total. The van der Waals surface area contributed by atoms with Gasteiger partial charge in [-0.1, -0.05) is 0 Å². The van der Waals surface area contributed by atoms with E-state index in [0.29, 0.717) is 6.54 Å². The summed E-state index contributed by atoms with van der Waals surface area (Å²) in [5.41, 5.74) is 1.39. The quantitative estimate of drug-likeness (QED) is 0.827. The molecule has 2 aliphatic heterocycles. The Morgan fingerprint density at radius 3 is 2.48 bits per heavy atom. The Morgan fingerprint density at radius 1 is 0.880 bits per heavy atom. The number of hydrogen-bond acceptors (Lipinski definition) is 4. The number of rotatable bonds is 3. The molecule has 0 atom stereocenters. The van der Waals surface area contributed by atoms with Gasteiger partial charge in [0.25, 0.3) is 5.91 Å². The Balaban J connectivity index is 1.32. The zero-order chi connectivity index (χ0) is 17.2. The van der Waals surface area contributed by atoms with Crippen molar-refractivity contribution in [2.24, 2.45) is 0 Å². The molecular formula is C19H27N3O2S. The molecule has 0 saturated carbocycles. The third-order valence-electron chi connectivity index (χ3n) is 5.65. The van der Waals surface area contributed by atoms with Gasteiger partial charge >= 0.3 is 0 Å². The summed E-state index contributed by atoms with van der Waals surface area (Å²) in [4.78, 5) is 33.7. The monoisotopic (exact) mass is 361 g/mol. The Hall–Kier alpha value is -1.40. The summed E-state index contributed by atoms with van der Waals surface area (Å²) in [6, 6.07) is 2.12. The van der Waals surface area contributed by atoms with E-state index in [1.54, 1.807) is 11.3 Å². The molecule has 0 unspecified atom stereocenters. The van der Waals surface area contributed by atoms with Crippen LogP contribution in [0.3, 0.4) is 0 Å². The normalized spacial score (nSPS) is 21.4. The van der Waals surface area contributed by atoms with Gasteiger partial charge in [-0.15, -0.1) is 11.3 Å². The number of carbonyl (C=O) groups is 2. The van der Waals surface area contributed by atoms with Crippen LogP contribution in [-0.2, 0) is 17.6 Å². The van der Waals surface area contributed by atoms with Gasteiger partial charge in [0.1, 0.15) is 0 Å². The fourth-order valence-electron chi connectivity index (χ4n) is 4.18. The molecular weight excluding hydrogens is 334 g/mol.